The molecular weight excluding hydrogens is 376 g/mol. The number of hydrogen-bond donors (Lipinski definition) is 2. The van der Waals surface area contributed by atoms with Gasteiger partial charge in [0.2, 0.25) is 0 Å². The number of carbonyl (C=O) groups is 1. The third-order valence-electron chi connectivity index (χ3n) is 2.81. The smallest absolute Gasteiger partial charge is 0.333 e. The van der Waals surface area contributed by atoms with Gasteiger partial charge in [-0.2, -0.15) is 0 Å². The highest BCUT2D eigenvalue weighted by Crippen LogP contribution is 2.39. The van der Waals surface area contributed by atoms with Crippen LogP contribution < -0.4 is 15.8 Å². The van der Waals surface area contributed by atoms with E-state index in [0.717, 1.165) is 6.07 Å². The normalized spacial score (nSPS) is 9.80. The molecule has 12 heteroatoms. The number of anilines is 1. The first-order valence-corrected chi connectivity index (χ1v) is 7.41. The summed E-state index contributed by atoms with van der Waals surface area (Å²) in [5.41, 5.74) is 4.94. The van der Waals surface area contributed by atoms with Gasteiger partial charge in [-0.1, -0.05) is 12.1 Å². The van der Waals surface area contributed by atoms with Gasteiger partial charge in [0.1, 0.15) is 18.4 Å². The highest BCUT2D eigenvalue weighted by molar-refractivity contribution is 7.20. The fourth-order valence-corrected chi connectivity index (χ4v) is 2.64. The number of amides is 1. The lowest BCUT2D eigenvalue weighted by atomic mass is 10.2. The van der Waals surface area contributed by atoms with Crippen molar-refractivity contribution in [1.29, 1.82) is 0 Å². The second-order valence-corrected chi connectivity index (χ2v) is 5.43. The summed E-state index contributed by atoms with van der Waals surface area (Å²) in [5.74, 6) is -0.420. The quantitative estimate of drug-likeness (QED) is 0.546. The molecule has 134 valence electrons. The fraction of sp³-hybridized carbons (Fsp3) is 0.154. The van der Waals surface area contributed by atoms with E-state index in [9.17, 15) is 25.0 Å². The second kappa shape index (κ2) is 8.92. The van der Waals surface area contributed by atoms with Gasteiger partial charge in [-0.05, 0) is 23.5 Å². The molecule has 0 radical (unpaired) electrons. The first-order chi connectivity index (χ1) is 11.4. The minimum absolute atomic E-state index is 0. The molecule has 0 spiro atoms. The van der Waals surface area contributed by atoms with Crippen molar-refractivity contribution in [1.82, 2.24) is 0 Å². The summed E-state index contributed by atoms with van der Waals surface area (Å²) in [5, 5.41) is 23.4. The number of nitro groups is 2. The molecule has 1 aromatic heterocycles. The predicted molar refractivity (Wildman–Crippen MR) is 93.8 cm³/mol. The van der Waals surface area contributed by atoms with Crippen molar-refractivity contribution in [3.05, 3.63) is 56.1 Å². The van der Waals surface area contributed by atoms with Gasteiger partial charge in [0.25, 0.3) is 5.91 Å². The fourth-order valence-electron chi connectivity index (χ4n) is 1.80. The number of nitrogens with one attached hydrogen (secondary N) is 1. The van der Waals surface area contributed by atoms with Gasteiger partial charge in [0.05, 0.1) is 15.4 Å². The number of rotatable bonds is 7. The molecule has 0 fully saturated rings. The predicted octanol–water partition coefficient (Wildman–Crippen LogP) is 2.58. The second-order valence-electron chi connectivity index (χ2n) is 4.40. The number of nitrogens with two attached hydrogens (primary N) is 1. The maximum Gasteiger partial charge on any atom is 0.333 e. The van der Waals surface area contributed by atoms with E-state index < -0.39 is 26.4 Å². The van der Waals surface area contributed by atoms with Crippen LogP contribution >= 0.6 is 23.7 Å². The van der Waals surface area contributed by atoms with Crippen LogP contribution in [0.4, 0.5) is 15.7 Å². The Labute approximate surface area is 151 Å². The zero-order valence-electron chi connectivity index (χ0n) is 12.5. The van der Waals surface area contributed by atoms with E-state index in [1.807, 2.05) is 0 Å². The van der Waals surface area contributed by atoms with Gasteiger partial charge in [-0.15, -0.1) is 12.4 Å². The van der Waals surface area contributed by atoms with Gasteiger partial charge in [-0.25, -0.2) is 0 Å². The maximum atomic E-state index is 12.3. The van der Waals surface area contributed by atoms with Crippen molar-refractivity contribution >= 4 is 45.3 Å². The molecule has 0 aliphatic rings. The highest BCUT2D eigenvalue weighted by Gasteiger charge is 2.27. The summed E-state index contributed by atoms with van der Waals surface area (Å²) >= 11 is 0.509. The summed E-state index contributed by atoms with van der Waals surface area (Å²) in [6, 6.07) is 7.07. The van der Waals surface area contributed by atoms with E-state index in [4.69, 9.17) is 10.5 Å². The lowest BCUT2D eigenvalue weighted by Gasteiger charge is -2.10. The Morgan fingerprint density at radius 3 is 2.52 bits per heavy atom. The van der Waals surface area contributed by atoms with Crippen molar-refractivity contribution in [2.24, 2.45) is 5.73 Å². The summed E-state index contributed by atoms with van der Waals surface area (Å²) in [6.07, 6.45) is 0. The lowest BCUT2D eigenvalue weighted by molar-refractivity contribution is -0.389. The molecule has 25 heavy (non-hydrogen) atoms. The summed E-state index contributed by atoms with van der Waals surface area (Å²) in [4.78, 5) is 32.5. The molecule has 2 aromatic rings. The number of carbonyl (C=O) groups excluding carboxylic acids is 1. The Morgan fingerprint density at radius 2 is 1.92 bits per heavy atom. The van der Waals surface area contributed by atoms with Gasteiger partial charge in [-0.3, -0.25) is 25.0 Å². The van der Waals surface area contributed by atoms with Crippen LogP contribution in [0.2, 0.25) is 0 Å². The SMILES string of the molecule is Cl.NCCOc1ccccc1C(=O)Nc1sc([N+](=O)[O-])cc1[N+](=O)[O-]. The van der Waals surface area contributed by atoms with E-state index in [-0.39, 0.29) is 41.9 Å². The maximum absolute atomic E-state index is 12.3. The van der Waals surface area contributed by atoms with Crippen LogP contribution in [0.3, 0.4) is 0 Å². The Bertz CT molecular complexity index is 797. The van der Waals surface area contributed by atoms with E-state index in [1.165, 1.54) is 6.07 Å². The number of benzene rings is 1. The van der Waals surface area contributed by atoms with E-state index in [2.05, 4.69) is 5.32 Å². The number of thiophene rings is 1. The first-order valence-electron chi connectivity index (χ1n) is 6.60. The Kier molecular flexibility index (Phi) is 7.23. The number of hydrogen-bond acceptors (Lipinski definition) is 8. The molecular formula is C13H13ClN4O6S. The molecule has 0 atom stereocenters. The Morgan fingerprint density at radius 1 is 1.24 bits per heavy atom. The topological polar surface area (TPSA) is 151 Å². The van der Waals surface area contributed by atoms with Crippen LogP contribution in [0.15, 0.2) is 30.3 Å². The van der Waals surface area contributed by atoms with Crippen LogP contribution in [-0.4, -0.2) is 28.9 Å². The summed E-state index contributed by atoms with van der Waals surface area (Å²) in [6.45, 7) is 0.438. The molecule has 0 saturated heterocycles. The minimum Gasteiger partial charge on any atom is -0.491 e. The molecule has 0 aliphatic heterocycles. The first kappa shape index (κ1) is 20.3. The molecule has 10 nitrogen and oxygen atoms in total. The van der Waals surface area contributed by atoms with Gasteiger partial charge in [0.15, 0.2) is 5.00 Å². The van der Waals surface area contributed by atoms with Crippen molar-refractivity contribution in [3.63, 3.8) is 0 Å². The third kappa shape index (κ3) is 4.86. The molecule has 0 saturated carbocycles. The van der Waals surface area contributed by atoms with Crippen LogP contribution in [0.25, 0.3) is 0 Å². The zero-order chi connectivity index (χ0) is 17.7. The lowest BCUT2D eigenvalue weighted by Crippen LogP contribution is -2.16. The summed E-state index contributed by atoms with van der Waals surface area (Å²) in [7, 11) is 0. The standard InChI is InChI=1S/C13H12N4O6S.ClH/c14-5-6-23-10-4-2-1-3-8(10)12(18)15-13-9(16(19)20)7-11(24-13)17(21)22;/h1-4,7H,5-6,14H2,(H,15,18);1H. The molecule has 0 aliphatic carbocycles. The van der Waals surface area contributed by atoms with Gasteiger partial charge in [0, 0.05) is 6.54 Å². The molecule has 0 unspecified atom stereocenters. The average molecular weight is 389 g/mol. The van der Waals surface area contributed by atoms with Crippen molar-refractivity contribution in [2.45, 2.75) is 0 Å². The largest absolute Gasteiger partial charge is 0.491 e. The van der Waals surface area contributed by atoms with Crippen molar-refractivity contribution < 1.29 is 19.4 Å². The average Bonchev–Trinajstić information content (AvgIpc) is 2.97. The van der Waals surface area contributed by atoms with Gasteiger partial charge >= 0.3 is 10.7 Å². The zero-order valence-corrected chi connectivity index (χ0v) is 14.2. The van der Waals surface area contributed by atoms with E-state index >= 15 is 0 Å². The molecule has 1 amide bonds. The van der Waals surface area contributed by atoms with E-state index in [1.54, 1.807) is 18.2 Å². The highest BCUT2D eigenvalue weighted by atomic mass is 35.5. The van der Waals surface area contributed by atoms with Crippen molar-refractivity contribution in [2.75, 3.05) is 18.5 Å². The minimum atomic E-state index is -0.796. The monoisotopic (exact) mass is 388 g/mol. The molecule has 0 bridgehead atoms. The molecule has 2 rings (SSSR count). The van der Waals surface area contributed by atoms with E-state index in [0.29, 0.717) is 11.3 Å². The number of halogens is 1. The molecule has 3 N–H and O–H groups in total. The Hall–Kier alpha value is -2.76. The molecule has 1 heterocycles. The molecule has 1 aromatic carbocycles. The number of para-hydroxylation sites is 1. The third-order valence-corrected chi connectivity index (χ3v) is 3.80. The summed E-state index contributed by atoms with van der Waals surface area (Å²) < 4.78 is 5.34. The Balaban J connectivity index is 0.00000312. The van der Waals surface area contributed by atoms with Crippen LogP contribution in [0.1, 0.15) is 10.4 Å². The number of nitrogens with zero attached hydrogens (tertiary/aromatic N) is 2. The number of ether oxygens (including phenoxy) is 1. The van der Waals surface area contributed by atoms with Crippen LogP contribution in [0.5, 0.6) is 5.75 Å². The van der Waals surface area contributed by atoms with Crippen LogP contribution in [0, 0.1) is 20.2 Å². The van der Waals surface area contributed by atoms with Gasteiger partial charge < -0.3 is 15.8 Å². The van der Waals surface area contributed by atoms with Crippen LogP contribution in [-0.2, 0) is 0 Å². The van der Waals surface area contributed by atoms with Crippen molar-refractivity contribution in [3.8, 4) is 5.75 Å².